The molecular formula is C22H27N3O3. The lowest BCUT2D eigenvalue weighted by molar-refractivity contribution is 0.0991. The smallest absolute Gasteiger partial charge is 0.292 e. The molecule has 0 saturated heterocycles. The highest BCUT2D eigenvalue weighted by Gasteiger charge is 2.15. The van der Waals surface area contributed by atoms with Gasteiger partial charge in [0.05, 0.1) is 5.69 Å². The van der Waals surface area contributed by atoms with Gasteiger partial charge < -0.3 is 14.5 Å². The minimum absolute atomic E-state index is 0.105. The van der Waals surface area contributed by atoms with Gasteiger partial charge >= 0.3 is 0 Å². The van der Waals surface area contributed by atoms with Crippen LogP contribution in [0.4, 0.5) is 5.82 Å². The number of aromatic nitrogens is 2. The zero-order valence-electron chi connectivity index (χ0n) is 17.1. The van der Waals surface area contributed by atoms with Crippen LogP contribution in [0.1, 0.15) is 55.3 Å². The fraction of sp³-hybridized carbons (Fsp3) is 0.364. The van der Waals surface area contributed by atoms with Gasteiger partial charge in [0.2, 0.25) is 0 Å². The molecular weight excluding hydrogens is 354 g/mol. The van der Waals surface area contributed by atoms with Gasteiger partial charge in [0, 0.05) is 12.6 Å². The second-order valence-electron chi connectivity index (χ2n) is 7.77. The van der Waals surface area contributed by atoms with Crippen LogP contribution in [0.5, 0.6) is 5.75 Å². The summed E-state index contributed by atoms with van der Waals surface area (Å²) in [6, 6.07) is 13.3. The molecule has 0 atom stereocenters. The minimum Gasteiger partial charge on any atom is -0.486 e. The number of hydrogen-bond donors (Lipinski definition) is 1. The third-order valence-electron chi connectivity index (χ3n) is 4.43. The highest BCUT2D eigenvalue weighted by atomic mass is 16.5. The van der Waals surface area contributed by atoms with E-state index in [0.717, 1.165) is 11.4 Å². The summed E-state index contributed by atoms with van der Waals surface area (Å²) in [6.07, 6.45) is 0. The maximum atomic E-state index is 12.4. The van der Waals surface area contributed by atoms with Crippen LogP contribution in [-0.4, -0.2) is 15.7 Å². The third kappa shape index (κ3) is 4.63. The molecule has 0 aliphatic heterocycles. The molecule has 6 heteroatoms. The molecule has 28 heavy (non-hydrogen) atoms. The number of benzene rings is 1. The number of carbonyl (C=O) groups is 1. The average Bonchev–Trinajstić information content (AvgIpc) is 3.26. The molecule has 0 saturated carbocycles. The van der Waals surface area contributed by atoms with Gasteiger partial charge in [-0.3, -0.25) is 4.79 Å². The number of nitrogens with zero attached hydrogens (tertiary/aromatic N) is 2. The van der Waals surface area contributed by atoms with Crippen molar-refractivity contribution in [1.82, 2.24) is 9.78 Å². The van der Waals surface area contributed by atoms with E-state index in [4.69, 9.17) is 9.15 Å². The van der Waals surface area contributed by atoms with Crippen molar-refractivity contribution in [3.8, 4) is 5.75 Å². The Morgan fingerprint density at radius 1 is 1.18 bits per heavy atom. The van der Waals surface area contributed by atoms with Gasteiger partial charge in [-0.1, -0.05) is 32.9 Å². The van der Waals surface area contributed by atoms with Gasteiger partial charge in [0.15, 0.2) is 5.76 Å². The van der Waals surface area contributed by atoms with E-state index in [0.29, 0.717) is 18.1 Å². The molecule has 3 rings (SSSR count). The third-order valence-corrected chi connectivity index (χ3v) is 4.43. The fourth-order valence-corrected chi connectivity index (χ4v) is 2.85. The predicted octanol–water partition coefficient (Wildman–Crippen LogP) is 4.93. The first-order valence-corrected chi connectivity index (χ1v) is 9.44. The Balaban J connectivity index is 1.60. The second kappa shape index (κ2) is 7.92. The normalized spacial score (nSPS) is 11.5. The zero-order chi connectivity index (χ0) is 20.3. The van der Waals surface area contributed by atoms with Crippen molar-refractivity contribution >= 4 is 11.7 Å². The number of anilines is 1. The molecule has 1 N–H and O–H groups in total. The molecule has 0 unspecified atom stereocenters. The summed E-state index contributed by atoms with van der Waals surface area (Å²) in [5.41, 5.74) is 2.20. The molecule has 0 aliphatic rings. The standard InChI is InChI=1S/C22H27N3O3/c1-6-25-20(13-15(2)24-25)23-21(26)19-12-11-18(28-19)14-27-17-9-7-16(8-10-17)22(3,4)5/h7-13H,6,14H2,1-5H3,(H,23,26). The number of ether oxygens (including phenoxy) is 1. The summed E-state index contributed by atoms with van der Waals surface area (Å²) in [4.78, 5) is 12.4. The Hall–Kier alpha value is -3.02. The minimum atomic E-state index is -0.310. The van der Waals surface area contributed by atoms with Crippen LogP contribution in [0.25, 0.3) is 0 Å². The average molecular weight is 381 g/mol. The maximum absolute atomic E-state index is 12.4. The number of nitrogens with one attached hydrogen (secondary N) is 1. The largest absolute Gasteiger partial charge is 0.486 e. The van der Waals surface area contributed by atoms with Crippen LogP contribution in [0, 0.1) is 6.92 Å². The SMILES string of the molecule is CCn1nc(C)cc1NC(=O)c1ccc(COc2ccc(C(C)(C)C)cc2)o1. The van der Waals surface area contributed by atoms with Crippen molar-refractivity contribution in [2.75, 3.05) is 5.32 Å². The molecule has 2 aromatic heterocycles. The Morgan fingerprint density at radius 3 is 2.54 bits per heavy atom. The Kier molecular flexibility index (Phi) is 5.58. The van der Waals surface area contributed by atoms with Crippen LogP contribution < -0.4 is 10.1 Å². The van der Waals surface area contributed by atoms with E-state index in [1.165, 1.54) is 5.56 Å². The van der Waals surface area contributed by atoms with Crippen LogP contribution >= 0.6 is 0 Å². The first-order chi connectivity index (χ1) is 13.3. The maximum Gasteiger partial charge on any atom is 0.292 e. The monoisotopic (exact) mass is 381 g/mol. The molecule has 6 nitrogen and oxygen atoms in total. The summed E-state index contributed by atoms with van der Waals surface area (Å²) in [5, 5.41) is 7.15. The number of carbonyl (C=O) groups excluding carboxylic acids is 1. The Morgan fingerprint density at radius 2 is 1.89 bits per heavy atom. The highest BCUT2D eigenvalue weighted by molar-refractivity contribution is 6.01. The first-order valence-electron chi connectivity index (χ1n) is 9.44. The van der Waals surface area contributed by atoms with Crippen LogP contribution in [0.2, 0.25) is 0 Å². The Labute approximate surface area is 165 Å². The quantitative estimate of drug-likeness (QED) is 0.657. The van der Waals surface area contributed by atoms with Gasteiger partial charge in [-0.15, -0.1) is 0 Å². The molecule has 1 aromatic carbocycles. The number of amides is 1. The lowest BCUT2D eigenvalue weighted by Crippen LogP contribution is -2.14. The van der Waals surface area contributed by atoms with E-state index < -0.39 is 0 Å². The fourth-order valence-electron chi connectivity index (χ4n) is 2.85. The van der Waals surface area contributed by atoms with Crippen molar-refractivity contribution in [2.45, 2.75) is 53.2 Å². The van der Waals surface area contributed by atoms with Gasteiger partial charge in [-0.2, -0.15) is 5.10 Å². The zero-order valence-corrected chi connectivity index (χ0v) is 17.1. The lowest BCUT2D eigenvalue weighted by atomic mass is 9.87. The van der Waals surface area contributed by atoms with E-state index in [2.05, 4.69) is 43.3 Å². The topological polar surface area (TPSA) is 69.3 Å². The molecule has 148 valence electrons. The molecule has 0 spiro atoms. The van der Waals surface area contributed by atoms with Crippen molar-refractivity contribution in [1.29, 1.82) is 0 Å². The summed E-state index contributed by atoms with van der Waals surface area (Å²) in [7, 11) is 0. The van der Waals surface area contributed by atoms with E-state index in [1.54, 1.807) is 16.8 Å². The van der Waals surface area contributed by atoms with Crippen LogP contribution in [-0.2, 0) is 18.6 Å². The van der Waals surface area contributed by atoms with Gasteiger partial charge in [0.25, 0.3) is 5.91 Å². The van der Waals surface area contributed by atoms with Crippen LogP contribution in [0.15, 0.2) is 46.9 Å². The molecule has 0 fully saturated rings. The summed E-state index contributed by atoms with van der Waals surface area (Å²) >= 11 is 0. The summed E-state index contributed by atoms with van der Waals surface area (Å²) < 4.78 is 13.1. The van der Waals surface area contributed by atoms with Gasteiger partial charge in [0.1, 0.15) is 23.9 Å². The number of hydrogen-bond acceptors (Lipinski definition) is 4. The Bertz CT molecular complexity index is 946. The van der Waals surface area contributed by atoms with Gasteiger partial charge in [-0.05, 0) is 49.1 Å². The van der Waals surface area contributed by atoms with Crippen LogP contribution in [0.3, 0.4) is 0 Å². The number of rotatable bonds is 6. The molecule has 0 bridgehead atoms. The van der Waals surface area contributed by atoms with Crippen molar-refractivity contribution in [2.24, 2.45) is 0 Å². The van der Waals surface area contributed by atoms with E-state index in [9.17, 15) is 4.79 Å². The molecule has 3 aromatic rings. The molecule has 0 radical (unpaired) electrons. The lowest BCUT2D eigenvalue weighted by Gasteiger charge is -2.19. The van der Waals surface area contributed by atoms with E-state index in [-0.39, 0.29) is 23.7 Å². The number of aryl methyl sites for hydroxylation is 2. The highest BCUT2D eigenvalue weighted by Crippen LogP contribution is 2.24. The van der Waals surface area contributed by atoms with Gasteiger partial charge in [-0.25, -0.2) is 4.68 Å². The first kappa shape index (κ1) is 19.7. The number of furan rings is 1. The van der Waals surface area contributed by atoms with Crippen molar-refractivity contribution < 1.29 is 13.9 Å². The molecule has 1 amide bonds. The van der Waals surface area contributed by atoms with Crippen molar-refractivity contribution in [3.05, 3.63) is 65.2 Å². The van der Waals surface area contributed by atoms with E-state index in [1.807, 2.05) is 32.0 Å². The summed E-state index contributed by atoms with van der Waals surface area (Å²) in [5.74, 6) is 1.93. The molecule has 2 heterocycles. The van der Waals surface area contributed by atoms with Crippen molar-refractivity contribution in [3.63, 3.8) is 0 Å². The van der Waals surface area contributed by atoms with E-state index >= 15 is 0 Å². The summed E-state index contributed by atoms with van der Waals surface area (Å²) in [6.45, 7) is 11.3. The predicted molar refractivity (Wildman–Crippen MR) is 109 cm³/mol. The molecule has 0 aliphatic carbocycles. The second-order valence-corrected chi connectivity index (χ2v) is 7.77.